The summed E-state index contributed by atoms with van der Waals surface area (Å²) < 4.78 is 6.27. The normalized spacial score (nSPS) is 40.6. The van der Waals surface area contributed by atoms with E-state index >= 15 is 0 Å². The van der Waals surface area contributed by atoms with Crippen molar-refractivity contribution >= 4 is 11.8 Å². The van der Waals surface area contributed by atoms with Gasteiger partial charge in [0.1, 0.15) is 0 Å². The average Bonchev–Trinajstić information content (AvgIpc) is 2.43. The zero-order chi connectivity index (χ0) is 14.3. The summed E-state index contributed by atoms with van der Waals surface area (Å²) >= 11 is 2.09. The lowest BCUT2D eigenvalue weighted by molar-refractivity contribution is -0.128. The molecular formula is C17H31NOS. The summed E-state index contributed by atoms with van der Waals surface area (Å²) in [5, 5.41) is 0. The zero-order valence-electron chi connectivity index (χ0n) is 13.2. The van der Waals surface area contributed by atoms with Crippen LogP contribution in [0.25, 0.3) is 0 Å². The van der Waals surface area contributed by atoms with Crippen molar-refractivity contribution in [1.29, 1.82) is 0 Å². The van der Waals surface area contributed by atoms with Gasteiger partial charge in [0.15, 0.2) is 0 Å². The van der Waals surface area contributed by atoms with Crippen LogP contribution in [0.4, 0.5) is 0 Å². The lowest BCUT2D eigenvalue weighted by Crippen LogP contribution is -2.62. The van der Waals surface area contributed by atoms with Gasteiger partial charge in [0.25, 0.3) is 0 Å². The maximum Gasteiger partial charge on any atom is 0.0701 e. The smallest absolute Gasteiger partial charge is 0.0701 e. The number of nitrogens with two attached hydrogens (primary N) is 1. The molecule has 1 spiro atoms. The Bertz CT molecular complexity index is 345. The Kier molecular flexibility index (Phi) is 4.16. The molecule has 116 valence electrons. The van der Waals surface area contributed by atoms with Gasteiger partial charge in [0.05, 0.1) is 5.60 Å². The summed E-state index contributed by atoms with van der Waals surface area (Å²) in [6.07, 6.45) is 10.1. The topological polar surface area (TPSA) is 35.2 Å². The molecule has 1 aliphatic carbocycles. The van der Waals surface area contributed by atoms with Crippen LogP contribution in [0.1, 0.15) is 65.2 Å². The Morgan fingerprint density at radius 2 is 1.75 bits per heavy atom. The standard InChI is InChI=1S/C17H31NOS/c1-15(2)6-3-4-7-17(15,18)14-5-10-19-16(13-14)8-11-20-12-9-16/h14H,3-13,18H2,1-2H3. The van der Waals surface area contributed by atoms with Crippen LogP contribution in [0.5, 0.6) is 0 Å². The van der Waals surface area contributed by atoms with Crippen molar-refractivity contribution in [1.82, 2.24) is 0 Å². The van der Waals surface area contributed by atoms with E-state index in [9.17, 15) is 0 Å². The van der Waals surface area contributed by atoms with E-state index in [0.717, 1.165) is 6.61 Å². The maximum absolute atomic E-state index is 7.04. The van der Waals surface area contributed by atoms with Crippen molar-refractivity contribution in [3.8, 4) is 0 Å². The fourth-order valence-corrected chi connectivity index (χ4v) is 6.11. The molecule has 3 aliphatic rings. The Labute approximate surface area is 128 Å². The molecule has 0 bridgehead atoms. The van der Waals surface area contributed by atoms with E-state index < -0.39 is 0 Å². The van der Waals surface area contributed by atoms with Gasteiger partial charge in [0, 0.05) is 12.1 Å². The lowest BCUT2D eigenvalue weighted by atomic mass is 9.55. The first kappa shape index (κ1) is 15.2. The van der Waals surface area contributed by atoms with Gasteiger partial charge in [-0.25, -0.2) is 0 Å². The van der Waals surface area contributed by atoms with E-state index in [2.05, 4.69) is 25.6 Å². The Morgan fingerprint density at radius 1 is 1.05 bits per heavy atom. The molecule has 3 heteroatoms. The average molecular weight is 298 g/mol. The molecular weight excluding hydrogens is 266 g/mol. The van der Waals surface area contributed by atoms with Gasteiger partial charge in [0.2, 0.25) is 0 Å². The number of thioether (sulfide) groups is 1. The van der Waals surface area contributed by atoms with Crippen LogP contribution in [0.3, 0.4) is 0 Å². The van der Waals surface area contributed by atoms with Gasteiger partial charge in [-0.3, -0.25) is 0 Å². The van der Waals surface area contributed by atoms with Gasteiger partial charge in [-0.05, 0) is 61.4 Å². The van der Waals surface area contributed by atoms with Crippen molar-refractivity contribution in [2.24, 2.45) is 17.1 Å². The highest BCUT2D eigenvalue weighted by atomic mass is 32.2. The molecule has 0 aromatic carbocycles. The Balaban J connectivity index is 1.78. The van der Waals surface area contributed by atoms with E-state index in [4.69, 9.17) is 10.5 Å². The van der Waals surface area contributed by atoms with Crippen molar-refractivity contribution in [2.75, 3.05) is 18.1 Å². The number of hydrogen-bond acceptors (Lipinski definition) is 3. The van der Waals surface area contributed by atoms with E-state index in [-0.39, 0.29) is 16.6 Å². The van der Waals surface area contributed by atoms with Gasteiger partial charge >= 0.3 is 0 Å². The molecule has 0 amide bonds. The number of hydrogen-bond donors (Lipinski definition) is 1. The second-order valence-corrected chi connectivity index (χ2v) is 9.19. The molecule has 0 aromatic rings. The fourth-order valence-electron chi connectivity index (χ4n) is 4.87. The van der Waals surface area contributed by atoms with Crippen molar-refractivity contribution in [3.63, 3.8) is 0 Å². The van der Waals surface area contributed by atoms with Gasteiger partial charge < -0.3 is 10.5 Å². The van der Waals surface area contributed by atoms with Gasteiger partial charge in [-0.15, -0.1) is 0 Å². The first-order valence-corrected chi connectivity index (χ1v) is 9.64. The van der Waals surface area contributed by atoms with E-state index in [1.807, 2.05) is 0 Å². The summed E-state index contributed by atoms with van der Waals surface area (Å²) in [7, 11) is 0. The molecule has 2 N–H and O–H groups in total. The first-order chi connectivity index (χ1) is 9.48. The zero-order valence-corrected chi connectivity index (χ0v) is 14.1. The minimum absolute atomic E-state index is 0.0343. The second-order valence-electron chi connectivity index (χ2n) is 7.96. The summed E-state index contributed by atoms with van der Waals surface area (Å²) in [6, 6.07) is 0. The molecule has 1 saturated carbocycles. The van der Waals surface area contributed by atoms with Crippen molar-refractivity contribution in [3.05, 3.63) is 0 Å². The molecule has 3 fully saturated rings. The van der Waals surface area contributed by atoms with Gasteiger partial charge in [-0.1, -0.05) is 26.7 Å². The summed E-state index contributed by atoms with van der Waals surface area (Å²) in [4.78, 5) is 0. The molecule has 2 unspecified atom stereocenters. The molecule has 0 aromatic heterocycles. The highest BCUT2D eigenvalue weighted by Gasteiger charge is 2.52. The molecule has 20 heavy (non-hydrogen) atoms. The van der Waals surface area contributed by atoms with Crippen LogP contribution in [0.15, 0.2) is 0 Å². The Hall–Kier alpha value is 0.270. The van der Waals surface area contributed by atoms with E-state index in [1.165, 1.54) is 62.9 Å². The van der Waals surface area contributed by atoms with Gasteiger partial charge in [-0.2, -0.15) is 11.8 Å². The van der Waals surface area contributed by atoms with E-state index in [0.29, 0.717) is 5.92 Å². The summed E-state index contributed by atoms with van der Waals surface area (Å²) in [6.45, 7) is 5.75. The number of rotatable bonds is 1. The molecule has 2 atom stereocenters. The predicted octanol–water partition coefficient (Wildman–Crippen LogP) is 3.98. The molecule has 2 saturated heterocycles. The molecule has 3 rings (SSSR count). The largest absolute Gasteiger partial charge is 0.375 e. The maximum atomic E-state index is 7.04. The quantitative estimate of drug-likeness (QED) is 0.795. The predicted molar refractivity (Wildman–Crippen MR) is 87.1 cm³/mol. The first-order valence-electron chi connectivity index (χ1n) is 8.48. The van der Waals surface area contributed by atoms with E-state index in [1.54, 1.807) is 0 Å². The Morgan fingerprint density at radius 3 is 2.45 bits per heavy atom. The minimum atomic E-state index is 0.0343. The third-order valence-electron chi connectivity index (χ3n) is 6.53. The van der Waals surface area contributed by atoms with Crippen LogP contribution >= 0.6 is 11.8 Å². The van der Waals surface area contributed by atoms with Crippen molar-refractivity contribution < 1.29 is 4.74 Å². The summed E-state index contributed by atoms with van der Waals surface area (Å²) in [5.41, 5.74) is 7.54. The third-order valence-corrected chi connectivity index (χ3v) is 7.51. The molecule has 2 aliphatic heterocycles. The minimum Gasteiger partial charge on any atom is -0.375 e. The molecule has 0 radical (unpaired) electrons. The fraction of sp³-hybridized carbons (Fsp3) is 1.00. The summed E-state index contributed by atoms with van der Waals surface area (Å²) in [5.74, 6) is 3.20. The highest BCUT2D eigenvalue weighted by Crippen LogP contribution is 2.52. The van der Waals surface area contributed by atoms with Crippen LogP contribution in [-0.4, -0.2) is 29.3 Å². The van der Waals surface area contributed by atoms with Crippen LogP contribution in [0, 0.1) is 11.3 Å². The second kappa shape index (κ2) is 5.48. The van der Waals surface area contributed by atoms with Crippen LogP contribution in [-0.2, 0) is 4.74 Å². The SMILES string of the molecule is CC1(C)CCCCC1(N)C1CCOC2(CCSCC2)C1. The molecule has 2 nitrogen and oxygen atoms in total. The third kappa shape index (κ3) is 2.55. The number of ether oxygens (including phenoxy) is 1. The van der Waals surface area contributed by atoms with Crippen LogP contribution in [0.2, 0.25) is 0 Å². The lowest BCUT2D eigenvalue weighted by Gasteiger charge is -2.56. The highest BCUT2D eigenvalue weighted by molar-refractivity contribution is 7.99. The molecule has 2 heterocycles. The van der Waals surface area contributed by atoms with Crippen molar-refractivity contribution in [2.45, 2.75) is 76.4 Å². The monoisotopic (exact) mass is 297 g/mol. The van der Waals surface area contributed by atoms with Crippen LogP contribution < -0.4 is 5.73 Å².